The molecule has 136 valence electrons. The highest BCUT2D eigenvalue weighted by molar-refractivity contribution is 7.09. The number of anilines is 4. The predicted molar refractivity (Wildman–Crippen MR) is 113 cm³/mol. The Labute approximate surface area is 161 Å². The lowest BCUT2D eigenvalue weighted by molar-refractivity contribution is 1.02. The predicted octanol–water partition coefficient (Wildman–Crippen LogP) is 4.38. The minimum Gasteiger partial charge on any atom is -0.393 e. The average molecular weight is 376 g/mol. The van der Waals surface area contributed by atoms with Crippen LogP contribution in [0.25, 0.3) is 10.9 Å². The third-order valence-electron chi connectivity index (χ3n) is 4.24. The van der Waals surface area contributed by atoms with Crippen molar-refractivity contribution in [3.63, 3.8) is 0 Å². The fourth-order valence-corrected chi connectivity index (χ4v) is 3.58. The summed E-state index contributed by atoms with van der Waals surface area (Å²) in [7, 11) is 0. The summed E-state index contributed by atoms with van der Waals surface area (Å²) in [6.45, 7) is 2.74. The fourth-order valence-electron chi connectivity index (χ4n) is 2.87. The number of nitrogens with two attached hydrogens (primary N) is 1. The first-order valence-electron chi connectivity index (χ1n) is 8.71. The molecule has 0 fully saturated rings. The van der Waals surface area contributed by atoms with Gasteiger partial charge in [-0.2, -0.15) is 0 Å². The van der Waals surface area contributed by atoms with Crippen LogP contribution in [0.1, 0.15) is 10.6 Å². The Bertz CT molecular complexity index is 1060. The first-order valence-corrected chi connectivity index (χ1v) is 9.59. The molecule has 4 rings (SSSR count). The molecule has 4 N–H and O–H groups in total. The maximum absolute atomic E-state index is 6.30. The molecule has 6 nitrogen and oxygen atoms in total. The maximum atomic E-state index is 6.30. The molecule has 27 heavy (non-hydrogen) atoms. The molecule has 3 heterocycles. The van der Waals surface area contributed by atoms with Gasteiger partial charge in [-0.1, -0.05) is 24.3 Å². The number of pyridine rings is 1. The van der Waals surface area contributed by atoms with E-state index < -0.39 is 0 Å². The molecule has 0 aliphatic carbocycles. The third-order valence-corrected chi connectivity index (χ3v) is 5.18. The van der Waals surface area contributed by atoms with Gasteiger partial charge in [-0.25, -0.2) is 9.97 Å². The number of rotatable bonds is 6. The third kappa shape index (κ3) is 3.83. The van der Waals surface area contributed by atoms with Crippen LogP contribution in [0.5, 0.6) is 0 Å². The largest absolute Gasteiger partial charge is 0.393 e. The summed E-state index contributed by atoms with van der Waals surface area (Å²) in [5.41, 5.74) is 9.51. The van der Waals surface area contributed by atoms with Gasteiger partial charge in [0.15, 0.2) is 11.6 Å². The molecule has 4 aromatic rings. The molecule has 0 unspecified atom stereocenters. The van der Waals surface area contributed by atoms with Crippen LogP contribution >= 0.6 is 11.3 Å². The van der Waals surface area contributed by atoms with Gasteiger partial charge in [-0.15, -0.1) is 11.3 Å². The van der Waals surface area contributed by atoms with Crippen LogP contribution in [0.2, 0.25) is 0 Å². The van der Waals surface area contributed by atoms with E-state index in [0.717, 1.165) is 35.2 Å². The normalized spacial score (nSPS) is 10.9. The van der Waals surface area contributed by atoms with Gasteiger partial charge in [-0.3, -0.25) is 4.98 Å². The summed E-state index contributed by atoms with van der Waals surface area (Å²) < 4.78 is 0. The van der Waals surface area contributed by atoms with Crippen molar-refractivity contribution in [1.29, 1.82) is 0 Å². The minimum atomic E-state index is 0.494. The van der Waals surface area contributed by atoms with Gasteiger partial charge < -0.3 is 16.4 Å². The zero-order valence-corrected chi connectivity index (χ0v) is 15.8. The van der Waals surface area contributed by atoms with Crippen molar-refractivity contribution >= 4 is 45.3 Å². The Kier molecular flexibility index (Phi) is 4.84. The summed E-state index contributed by atoms with van der Waals surface area (Å²) >= 11 is 1.75. The fraction of sp³-hybridized carbons (Fsp3) is 0.150. The molecule has 0 saturated heterocycles. The molecule has 0 aliphatic rings. The number of hydrogen-bond acceptors (Lipinski definition) is 7. The van der Waals surface area contributed by atoms with Crippen LogP contribution in [0.4, 0.5) is 23.0 Å². The summed E-state index contributed by atoms with van der Waals surface area (Å²) in [5.74, 6) is 1.20. The van der Waals surface area contributed by atoms with Crippen molar-refractivity contribution in [2.75, 3.05) is 22.9 Å². The number of nitrogens with one attached hydrogen (secondary N) is 2. The maximum Gasteiger partial charge on any atom is 0.159 e. The number of aromatic nitrogens is 3. The molecule has 0 saturated carbocycles. The summed E-state index contributed by atoms with van der Waals surface area (Å²) in [6.07, 6.45) is 2.44. The molecule has 3 aromatic heterocycles. The van der Waals surface area contributed by atoms with Gasteiger partial charge in [0.1, 0.15) is 12.0 Å². The van der Waals surface area contributed by atoms with E-state index in [2.05, 4.69) is 49.2 Å². The van der Waals surface area contributed by atoms with Gasteiger partial charge in [0.25, 0.3) is 0 Å². The number of hydrogen-bond donors (Lipinski definition) is 3. The number of benzene rings is 1. The quantitative estimate of drug-likeness (QED) is 0.463. The highest BCUT2D eigenvalue weighted by Crippen LogP contribution is 2.29. The van der Waals surface area contributed by atoms with E-state index >= 15 is 0 Å². The van der Waals surface area contributed by atoms with E-state index in [9.17, 15) is 0 Å². The number of nitrogen functional groups attached to an aromatic ring is 1. The molecule has 0 radical (unpaired) electrons. The molecule has 0 bridgehead atoms. The number of fused-ring (bicyclic) bond motifs is 1. The SMILES string of the molecule is Cc1ccc2cccc(Nc3ncnc(NCCc4cccs4)c3N)c2n1. The van der Waals surface area contributed by atoms with Crippen LogP contribution in [-0.2, 0) is 6.42 Å². The van der Waals surface area contributed by atoms with Crippen LogP contribution in [0, 0.1) is 6.92 Å². The molecule has 1 aromatic carbocycles. The Balaban J connectivity index is 1.55. The molecule has 0 atom stereocenters. The zero-order valence-electron chi connectivity index (χ0n) is 14.9. The Morgan fingerprint density at radius 3 is 2.78 bits per heavy atom. The monoisotopic (exact) mass is 376 g/mol. The van der Waals surface area contributed by atoms with Crippen molar-refractivity contribution < 1.29 is 0 Å². The van der Waals surface area contributed by atoms with E-state index in [1.165, 1.54) is 11.2 Å². The topological polar surface area (TPSA) is 88.8 Å². The lowest BCUT2D eigenvalue weighted by atomic mass is 10.1. The number of para-hydroxylation sites is 1. The van der Waals surface area contributed by atoms with Gasteiger partial charge in [0.2, 0.25) is 0 Å². The van der Waals surface area contributed by atoms with Crippen LogP contribution in [0.15, 0.2) is 54.2 Å². The average Bonchev–Trinajstić information content (AvgIpc) is 3.18. The minimum absolute atomic E-state index is 0.494. The van der Waals surface area contributed by atoms with Crippen LogP contribution < -0.4 is 16.4 Å². The van der Waals surface area contributed by atoms with E-state index in [1.54, 1.807) is 11.3 Å². The van der Waals surface area contributed by atoms with Crippen molar-refractivity contribution in [2.45, 2.75) is 13.3 Å². The lowest BCUT2D eigenvalue weighted by Gasteiger charge is -2.13. The molecule has 0 aliphatic heterocycles. The van der Waals surface area contributed by atoms with Gasteiger partial charge >= 0.3 is 0 Å². The van der Waals surface area contributed by atoms with Gasteiger partial charge in [0.05, 0.1) is 11.2 Å². The number of aryl methyl sites for hydroxylation is 1. The van der Waals surface area contributed by atoms with Crippen LogP contribution in [0.3, 0.4) is 0 Å². The van der Waals surface area contributed by atoms with Crippen LogP contribution in [-0.4, -0.2) is 21.5 Å². The Hall–Kier alpha value is -3.19. The van der Waals surface area contributed by atoms with E-state index in [4.69, 9.17) is 5.73 Å². The highest BCUT2D eigenvalue weighted by atomic mass is 32.1. The smallest absolute Gasteiger partial charge is 0.159 e. The summed E-state index contributed by atoms with van der Waals surface area (Å²) in [4.78, 5) is 14.6. The molecular weight excluding hydrogens is 356 g/mol. The van der Waals surface area contributed by atoms with Gasteiger partial charge in [0, 0.05) is 22.5 Å². The van der Waals surface area contributed by atoms with E-state index in [-0.39, 0.29) is 0 Å². The van der Waals surface area contributed by atoms with E-state index in [0.29, 0.717) is 17.3 Å². The first kappa shape index (κ1) is 17.2. The van der Waals surface area contributed by atoms with Crippen molar-refractivity contribution in [2.24, 2.45) is 0 Å². The second-order valence-corrected chi connectivity index (χ2v) is 7.23. The number of thiophene rings is 1. The number of nitrogens with zero attached hydrogens (tertiary/aromatic N) is 3. The molecule has 7 heteroatoms. The Morgan fingerprint density at radius 2 is 1.93 bits per heavy atom. The highest BCUT2D eigenvalue weighted by Gasteiger charge is 2.10. The van der Waals surface area contributed by atoms with E-state index in [1.807, 2.05) is 31.2 Å². The summed E-state index contributed by atoms with van der Waals surface area (Å²) in [5, 5.41) is 9.75. The zero-order chi connectivity index (χ0) is 18.6. The van der Waals surface area contributed by atoms with Crippen molar-refractivity contribution in [3.05, 3.63) is 64.7 Å². The second-order valence-electron chi connectivity index (χ2n) is 6.20. The van der Waals surface area contributed by atoms with Crippen molar-refractivity contribution in [3.8, 4) is 0 Å². The first-order chi connectivity index (χ1) is 13.2. The Morgan fingerprint density at radius 1 is 1.04 bits per heavy atom. The van der Waals surface area contributed by atoms with Crippen molar-refractivity contribution in [1.82, 2.24) is 15.0 Å². The summed E-state index contributed by atoms with van der Waals surface area (Å²) in [6, 6.07) is 14.2. The second kappa shape index (κ2) is 7.59. The standard InChI is InChI=1S/C20H20N6S/c1-13-7-8-14-4-2-6-16(18(14)25-13)26-20-17(21)19(23-12-24-20)22-10-9-15-5-3-11-27-15/h2-8,11-12H,9-10,21H2,1H3,(H2,22,23,24,26). The van der Waals surface area contributed by atoms with Gasteiger partial charge in [-0.05, 0) is 36.9 Å². The molecule has 0 spiro atoms. The lowest BCUT2D eigenvalue weighted by Crippen LogP contribution is -2.10. The molecule has 0 amide bonds. The molecular formula is C20H20N6S.